The van der Waals surface area contributed by atoms with Crippen molar-refractivity contribution in [2.24, 2.45) is 0 Å². The van der Waals surface area contributed by atoms with Gasteiger partial charge in [0, 0.05) is 0 Å². The van der Waals surface area contributed by atoms with Gasteiger partial charge < -0.3 is 28.4 Å². The van der Waals surface area contributed by atoms with Crippen molar-refractivity contribution in [2.75, 3.05) is 34.0 Å². The third-order valence-electron chi connectivity index (χ3n) is 4.41. The van der Waals surface area contributed by atoms with Crippen LogP contribution in [0.25, 0.3) is 0 Å². The van der Waals surface area contributed by atoms with Crippen molar-refractivity contribution in [3.05, 3.63) is 72.3 Å². The van der Waals surface area contributed by atoms with Crippen LogP contribution in [-0.2, 0) is 0 Å². The predicted molar refractivity (Wildman–Crippen MR) is 120 cm³/mol. The number of ether oxygens (including phenoxy) is 6. The molecule has 3 rings (SSSR count). The molecule has 0 aliphatic rings. The van der Waals surface area contributed by atoms with Crippen LogP contribution in [0.4, 0.5) is 0 Å². The fourth-order valence-electron chi connectivity index (χ4n) is 2.92. The molecule has 7 nitrogen and oxygen atoms in total. The molecule has 0 unspecified atom stereocenters. The zero-order chi connectivity index (χ0) is 22.8. The fourth-order valence-corrected chi connectivity index (χ4v) is 2.92. The van der Waals surface area contributed by atoms with E-state index in [1.807, 2.05) is 37.3 Å². The highest BCUT2D eigenvalue weighted by Gasteiger charge is 2.19. The van der Waals surface area contributed by atoms with Crippen LogP contribution in [0.2, 0.25) is 0 Å². The summed E-state index contributed by atoms with van der Waals surface area (Å²) in [4.78, 5) is 12.8. The Kier molecular flexibility index (Phi) is 8.20. The number of rotatable bonds is 11. The molecule has 0 radical (unpaired) electrons. The molecule has 3 aromatic carbocycles. The van der Waals surface area contributed by atoms with Gasteiger partial charge in [0.15, 0.2) is 23.0 Å². The lowest BCUT2D eigenvalue weighted by molar-refractivity contribution is 0.0723. The summed E-state index contributed by atoms with van der Waals surface area (Å²) in [6.45, 7) is 2.95. The highest BCUT2D eigenvalue weighted by Crippen LogP contribution is 2.37. The Bertz CT molecular complexity index is 996. The van der Waals surface area contributed by atoms with Crippen LogP contribution in [0, 0.1) is 0 Å². The Labute approximate surface area is 187 Å². The average molecular weight is 438 g/mol. The standard InChI is InChI=1S/C25H26O7/c1-4-29-23-17-18(25(26)32-24-21(27-2)11-8-12-22(24)28-3)13-14-20(23)31-16-15-30-19-9-6-5-7-10-19/h5-14,17H,4,15-16H2,1-3H3. The molecule has 0 amide bonds. The van der Waals surface area contributed by atoms with Gasteiger partial charge in [-0.3, -0.25) is 0 Å². The molecule has 0 aliphatic carbocycles. The van der Waals surface area contributed by atoms with E-state index in [1.165, 1.54) is 14.2 Å². The molecule has 0 saturated carbocycles. The van der Waals surface area contributed by atoms with Crippen LogP contribution in [0.3, 0.4) is 0 Å². The number of esters is 1. The number of hydrogen-bond acceptors (Lipinski definition) is 7. The first-order valence-electron chi connectivity index (χ1n) is 10.2. The summed E-state index contributed by atoms with van der Waals surface area (Å²) in [5.74, 6) is 2.13. The number of hydrogen-bond donors (Lipinski definition) is 0. The summed E-state index contributed by atoms with van der Waals surface area (Å²) in [5.41, 5.74) is 0.300. The maximum absolute atomic E-state index is 12.8. The van der Waals surface area contributed by atoms with Crippen molar-refractivity contribution in [1.29, 1.82) is 0 Å². The molecule has 0 aliphatic heterocycles. The van der Waals surface area contributed by atoms with Gasteiger partial charge in [-0.15, -0.1) is 0 Å². The largest absolute Gasteiger partial charge is 0.493 e. The molecule has 3 aromatic rings. The molecule has 0 atom stereocenters. The molecule has 0 N–H and O–H groups in total. The Morgan fingerprint density at radius 3 is 2.06 bits per heavy atom. The van der Waals surface area contributed by atoms with E-state index < -0.39 is 5.97 Å². The summed E-state index contributed by atoms with van der Waals surface area (Å²) in [6.07, 6.45) is 0. The van der Waals surface area contributed by atoms with E-state index >= 15 is 0 Å². The summed E-state index contributed by atoms with van der Waals surface area (Å²) >= 11 is 0. The molecule has 7 heteroatoms. The zero-order valence-electron chi connectivity index (χ0n) is 18.3. The zero-order valence-corrected chi connectivity index (χ0v) is 18.3. The van der Waals surface area contributed by atoms with Gasteiger partial charge in [0.2, 0.25) is 5.75 Å². The number of carbonyl (C=O) groups excluding carboxylic acids is 1. The van der Waals surface area contributed by atoms with E-state index in [0.29, 0.717) is 48.4 Å². The highest BCUT2D eigenvalue weighted by molar-refractivity contribution is 5.92. The molecular weight excluding hydrogens is 412 g/mol. The molecule has 0 bridgehead atoms. The molecule has 0 aromatic heterocycles. The minimum Gasteiger partial charge on any atom is -0.493 e. The third kappa shape index (κ3) is 5.85. The second-order valence-electron chi connectivity index (χ2n) is 6.49. The Hall–Kier alpha value is -3.87. The molecule has 0 fully saturated rings. The molecule has 32 heavy (non-hydrogen) atoms. The second kappa shape index (κ2) is 11.5. The minimum absolute atomic E-state index is 0.207. The van der Waals surface area contributed by atoms with Gasteiger partial charge in [0.25, 0.3) is 0 Å². The van der Waals surface area contributed by atoms with Gasteiger partial charge >= 0.3 is 5.97 Å². The predicted octanol–water partition coefficient (Wildman–Crippen LogP) is 4.78. The Morgan fingerprint density at radius 2 is 1.41 bits per heavy atom. The smallest absolute Gasteiger partial charge is 0.343 e. The number of carbonyl (C=O) groups is 1. The Balaban J connectivity index is 1.69. The van der Waals surface area contributed by atoms with Crippen LogP contribution < -0.4 is 28.4 Å². The summed E-state index contributed by atoms with van der Waals surface area (Å²) in [6, 6.07) is 19.5. The first-order chi connectivity index (χ1) is 15.7. The number of benzene rings is 3. The quantitative estimate of drug-likeness (QED) is 0.242. The van der Waals surface area contributed by atoms with Crippen LogP contribution in [0.1, 0.15) is 17.3 Å². The molecule has 0 saturated heterocycles. The summed E-state index contributed by atoms with van der Waals surface area (Å²) < 4.78 is 33.2. The SMILES string of the molecule is CCOc1cc(C(=O)Oc2c(OC)cccc2OC)ccc1OCCOc1ccccc1. The maximum Gasteiger partial charge on any atom is 0.343 e. The number of methoxy groups -OCH3 is 2. The summed E-state index contributed by atoms with van der Waals surface area (Å²) in [7, 11) is 2.99. The maximum atomic E-state index is 12.8. The van der Waals surface area contributed by atoms with Crippen molar-refractivity contribution >= 4 is 5.97 Å². The minimum atomic E-state index is -0.576. The van der Waals surface area contributed by atoms with Crippen molar-refractivity contribution < 1.29 is 33.2 Å². The van der Waals surface area contributed by atoms with Crippen molar-refractivity contribution in [2.45, 2.75) is 6.92 Å². The van der Waals surface area contributed by atoms with Gasteiger partial charge in [0.05, 0.1) is 26.4 Å². The third-order valence-corrected chi connectivity index (χ3v) is 4.41. The van der Waals surface area contributed by atoms with E-state index in [4.69, 9.17) is 28.4 Å². The van der Waals surface area contributed by atoms with Crippen LogP contribution in [0.5, 0.6) is 34.5 Å². The van der Waals surface area contributed by atoms with E-state index in [-0.39, 0.29) is 5.75 Å². The van der Waals surface area contributed by atoms with Crippen molar-refractivity contribution in [3.8, 4) is 34.5 Å². The monoisotopic (exact) mass is 438 g/mol. The van der Waals surface area contributed by atoms with Gasteiger partial charge in [-0.2, -0.15) is 0 Å². The molecule has 0 spiro atoms. The van der Waals surface area contributed by atoms with Crippen LogP contribution in [-0.4, -0.2) is 40.0 Å². The molecule has 168 valence electrons. The van der Waals surface area contributed by atoms with Crippen LogP contribution >= 0.6 is 0 Å². The van der Waals surface area contributed by atoms with Gasteiger partial charge in [-0.25, -0.2) is 4.79 Å². The molecular formula is C25H26O7. The number of para-hydroxylation sites is 2. The normalized spacial score (nSPS) is 10.2. The average Bonchev–Trinajstić information content (AvgIpc) is 2.83. The summed E-state index contributed by atoms with van der Waals surface area (Å²) in [5, 5.41) is 0. The first kappa shape index (κ1) is 22.8. The lowest BCUT2D eigenvalue weighted by Gasteiger charge is -2.15. The van der Waals surface area contributed by atoms with E-state index in [1.54, 1.807) is 36.4 Å². The van der Waals surface area contributed by atoms with Crippen molar-refractivity contribution in [3.63, 3.8) is 0 Å². The van der Waals surface area contributed by atoms with Crippen LogP contribution in [0.15, 0.2) is 66.7 Å². The van der Waals surface area contributed by atoms with Crippen molar-refractivity contribution in [1.82, 2.24) is 0 Å². The van der Waals surface area contributed by atoms with E-state index in [9.17, 15) is 4.79 Å². The van der Waals surface area contributed by atoms with Gasteiger partial charge in [-0.05, 0) is 49.4 Å². The first-order valence-corrected chi connectivity index (χ1v) is 10.2. The Morgan fingerprint density at radius 1 is 0.719 bits per heavy atom. The topological polar surface area (TPSA) is 72.5 Å². The van der Waals surface area contributed by atoms with Gasteiger partial charge in [0.1, 0.15) is 19.0 Å². The van der Waals surface area contributed by atoms with E-state index in [2.05, 4.69) is 0 Å². The fraction of sp³-hybridized carbons (Fsp3) is 0.240. The second-order valence-corrected chi connectivity index (χ2v) is 6.49. The van der Waals surface area contributed by atoms with Gasteiger partial charge in [-0.1, -0.05) is 24.3 Å². The lowest BCUT2D eigenvalue weighted by Crippen LogP contribution is -2.12. The van der Waals surface area contributed by atoms with E-state index in [0.717, 1.165) is 5.75 Å². The molecule has 0 heterocycles. The lowest BCUT2D eigenvalue weighted by atomic mass is 10.2. The highest BCUT2D eigenvalue weighted by atomic mass is 16.6.